The van der Waals surface area contributed by atoms with Crippen molar-refractivity contribution in [3.63, 3.8) is 0 Å². The molecule has 2 heterocycles. The molecule has 1 aromatic rings. The zero-order valence-corrected chi connectivity index (χ0v) is 13.7. The third-order valence-electron chi connectivity index (χ3n) is 4.59. The van der Waals surface area contributed by atoms with Gasteiger partial charge in [-0.2, -0.15) is 0 Å². The van der Waals surface area contributed by atoms with E-state index in [1.807, 2.05) is 6.20 Å². The van der Waals surface area contributed by atoms with E-state index in [-0.39, 0.29) is 0 Å². The van der Waals surface area contributed by atoms with Gasteiger partial charge in [0.25, 0.3) is 0 Å². The summed E-state index contributed by atoms with van der Waals surface area (Å²) in [7, 11) is 0. The van der Waals surface area contributed by atoms with Crippen LogP contribution in [0.4, 0.5) is 0 Å². The fourth-order valence-electron chi connectivity index (χ4n) is 2.90. The Morgan fingerprint density at radius 2 is 2.10 bits per heavy atom. The van der Waals surface area contributed by atoms with E-state index < -0.39 is 0 Å². The molecule has 1 aliphatic rings. The Morgan fingerprint density at radius 1 is 1.35 bits per heavy atom. The lowest BCUT2D eigenvalue weighted by molar-refractivity contribution is 0.159. The van der Waals surface area contributed by atoms with Gasteiger partial charge in [-0.3, -0.25) is 4.90 Å². The molecule has 0 bridgehead atoms. The van der Waals surface area contributed by atoms with Gasteiger partial charge in [0.2, 0.25) is 0 Å². The summed E-state index contributed by atoms with van der Waals surface area (Å²) in [5.74, 6) is 1.11. The van der Waals surface area contributed by atoms with Crippen LogP contribution in [0.2, 0.25) is 0 Å². The maximum Gasteiger partial charge on any atom is 0.105 e. The number of aryl methyl sites for hydroxylation is 1. The predicted molar refractivity (Wildman–Crippen MR) is 83.9 cm³/mol. The minimum absolute atomic E-state index is 0.313. The number of hydrogen-bond acceptors (Lipinski definition) is 3. The van der Waals surface area contributed by atoms with E-state index in [9.17, 15) is 0 Å². The van der Waals surface area contributed by atoms with Crippen molar-refractivity contribution in [3.05, 3.63) is 18.2 Å². The zero-order valence-electron chi connectivity index (χ0n) is 13.7. The van der Waals surface area contributed by atoms with Crippen molar-refractivity contribution < 1.29 is 0 Å². The summed E-state index contributed by atoms with van der Waals surface area (Å²) in [5.41, 5.74) is 0.313. The third-order valence-corrected chi connectivity index (χ3v) is 4.59. The van der Waals surface area contributed by atoms with Crippen molar-refractivity contribution in [1.82, 2.24) is 19.8 Å². The first-order valence-electron chi connectivity index (χ1n) is 7.83. The molecule has 1 aliphatic heterocycles. The van der Waals surface area contributed by atoms with Crippen molar-refractivity contribution in [2.75, 3.05) is 19.6 Å². The van der Waals surface area contributed by atoms with Crippen molar-refractivity contribution in [2.45, 2.75) is 59.7 Å². The van der Waals surface area contributed by atoms with Gasteiger partial charge in [-0.1, -0.05) is 20.8 Å². The predicted octanol–water partition coefficient (Wildman–Crippen LogP) is 2.29. The van der Waals surface area contributed by atoms with E-state index >= 15 is 0 Å². The number of nitrogens with one attached hydrogen (secondary N) is 1. The fraction of sp³-hybridized carbons (Fsp3) is 0.812. The van der Waals surface area contributed by atoms with E-state index in [0.29, 0.717) is 17.5 Å². The average Bonchev–Trinajstić information content (AvgIpc) is 2.65. The molecule has 114 valence electrons. The van der Waals surface area contributed by atoms with Gasteiger partial charge in [-0.05, 0) is 32.2 Å². The van der Waals surface area contributed by atoms with Gasteiger partial charge in [0.05, 0.1) is 0 Å². The molecule has 4 nitrogen and oxygen atoms in total. The Labute approximate surface area is 123 Å². The minimum atomic E-state index is 0.313. The topological polar surface area (TPSA) is 33.1 Å². The molecule has 0 saturated carbocycles. The van der Waals surface area contributed by atoms with Gasteiger partial charge in [-0.15, -0.1) is 0 Å². The molecule has 2 unspecified atom stereocenters. The molecule has 0 aliphatic carbocycles. The second kappa shape index (κ2) is 6.27. The van der Waals surface area contributed by atoms with Crippen molar-refractivity contribution >= 4 is 0 Å². The number of rotatable bonds is 3. The first-order valence-corrected chi connectivity index (χ1v) is 7.83. The van der Waals surface area contributed by atoms with Crippen LogP contribution in [-0.2, 0) is 6.54 Å². The standard InChI is InChI=1S/C16H30N4/c1-13-6-7-18-15(16(3,4)5)12-20(13)11-10-19-9-8-17-14(19)2/h8-9,13,15,18H,6-7,10-12H2,1-5H3. The van der Waals surface area contributed by atoms with E-state index in [4.69, 9.17) is 0 Å². The van der Waals surface area contributed by atoms with Crippen LogP contribution in [-0.4, -0.2) is 46.2 Å². The number of aromatic nitrogens is 2. The first kappa shape index (κ1) is 15.5. The molecule has 0 amide bonds. The Balaban J connectivity index is 1.98. The van der Waals surface area contributed by atoms with Gasteiger partial charge in [0.15, 0.2) is 0 Å². The summed E-state index contributed by atoms with van der Waals surface area (Å²) in [5, 5.41) is 3.73. The second-order valence-corrected chi connectivity index (χ2v) is 7.17. The quantitative estimate of drug-likeness (QED) is 0.921. The lowest BCUT2D eigenvalue weighted by atomic mass is 9.86. The maximum absolute atomic E-state index is 4.30. The summed E-state index contributed by atoms with van der Waals surface area (Å²) in [6, 6.07) is 1.22. The molecule has 0 radical (unpaired) electrons. The molecular weight excluding hydrogens is 248 g/mol. The Hall–Kier alpha value is -0.870. The molecule has 2 atom stereocenters. The highest BCUT2D eigenvalue weighted by atomic mass is 15.2. The first-order chi connectivity index (χ1) is 9.38. The highest BCUT2D eigenvalue weighted by molar-refractivity contribution is 4.91. The van der Waals surface area contributed by atoms with Crippen molar-refractivity contribution in [1.29, 1.82) is 0 Å². The van der Waals surface area contributed by atoms with Crippen LogP contribution in [0.5, 0.6) is 0 Å². The van der Waals surface area contributed by atoms with Crippen molar-refractivity contribution in [3.8, 4) is 0 Å². The summed E-state index contributed by atoms with van der Waals surface area (Å²) in [6.07, 6.45) is 5.20. The highest BCUT2D eigenvalue weighted by Gasteiger charge is 2.30. The second-order valence-electron chi connectivity index (χ2n) is 7.17. The van der Waals surface area contributed by atoms with Crippen LogP contribution in [0, 0.1) is 12.3 Å². The van der Waals surface area contributed by atoms with Gasteiger partial charge in [0.1, 0.15) is 5.82 Å². The van der Waals surface area contributed by atoms with Gasteiger partial charge in [0, 0.05) is 44.1 Å². The van der Waals surface area contributed by atoms with Gasteiger partial charge < -0.3 is 9.88 Å². The molecule has 20 heavy (non-hydrogen) atoms. The molecular formula is C16H30N4. The average molecular weight is 278 g/mol. The van der Waals surface area contributed by atoms with Crippen LogP contribution in [0.15, 0.2) is 12.4 Å². The SMILES string of the molecule is Cc1nccn1CCN1CC(C(C)(C)C)NCCC1C. The lowest BCUT2D eigenvalue weighted by Gasteiger charge is -2.35. The molecule has 0 spiro atoms. The summed E-state index contributed by atoms with van der Waals surface area (Å²) < 4.78 is 2.25. The van der Waals surface area contributed by atoms with Crippen LogP contribution in [0.25, 0.3) is 0 Å². The largest absolute Gasteiger partial charge is 0.334 e. The van der Waals surface area contributed by atoms with Crippen LogP contribution >= 0.6 is 0 Å². The number of hydrogen-bond donors (Lipinski definition) is 1. The Kier molecular flexibility index (Phi) is 4.86. The van der Waals surface area contributed by atoms with E-state index in [1.54, 1.807) is 0 Å². The molecule has 1 saturated heterocycles. The van der Waals surface area contributed by atoms with Gasteiger partial charge in [-0.25, -0.2) is 4.98 Å². The summed E-state index contributed by atoms with van der Waals surface area (Å²) in [4.78, 5) is 6.94. The fourth-order valence-corrected chi connectivity index (χ4v) is 2.90. The zero-order chi connectivity index (χ0) is 14.8. The Morgan fingerprint density at radius 3 is 2.70 bits per heavy atom. The number of nitrogens with zero attached hydrogens (tertiary/aromatic N) is 3. The smallest absolute Gasteiger partial charge is 0.105 e. The minimum Gasteiger partial charge on any atom is -0.334 e. The summed E-state index contributed by atoms with van der Waals surface area (Å²) in [6.45, 7) is 15.8. The van der Waals surface area contributed by atoms with Crippen molar-refractivity contribution in [2.24, 2.45) is 5.41 Å². The lowest BCUT2D eigenvalue weighted by Crippen LogP contribution is -2.47. The van der Waals surface area contributed by atoms with E-state index in [1.165, 1.54) is 6.42 Å². The molecule has 4 heteroatoms. The maximum atomic E-state index is 4.30. The third kappa shape index (κ3) is 3.83. The highest BCUT2D eigenvalue weighted by Crippen LogP contribution is 2.23. The molecule has 2 rings (SSSR count). The molecule has 0 aromatic carbocycles. The number of imidazole rings is 1. The molecule has 1 aromatic heterocycles. The van der Waals surface area contributed by atoms with E-state index in [2.05, 4.69) is 60.6 Å². The van der Waals surface area contributed by atoms with Crippen LogP contribution in [0.1, 0.15) is 39.9 Å². The normalized spacial score (nSPS) is 25.6. The molecule has 1 fully saturated rings. The summed E-state index contributed by atoms with van der Waals surface area (Å²) >= 11 is 0. The van der Waals surface area contributed by atoms with Gasteiger partial charge >= 0.3 is 0 Å². The van der Waals surface area contributed by atoms with E-state index in [0.717, 1.165) is 32.0 Å². The Bertz CT molecular complexity index is 418. The van der Waals surface area contributed by atoms with Crippen LogP contribution < -0.4 is 5.32 Å². The van der Waals surface area contributed by atoms with Crippen LogP contribution in [0.3, 0.4) is 0 Å². The monoisotopic (exact) mass is 278 g/mol. The molecule has 1 N–H and O–H groups in total.